The zero-order valence-corrected chi connectivity index (χ0v) is 15.1. The third-order valence-corrected chi connectivity index (χ3v) is 5.74. The molecule has 0 saturated heterocycles. The van der Waals surface area contributed by atoms with Gasteiger partial charge in [-0.25, -0.2) is 13.1 Å². The average molecular weight is 359 g/mol. The van der Waals surface area contributed by atoms with Crippen LogP contribution in [0.4, 0.5) is 0 Å². The molecule has 126 valence electrons. The lowest BCUT2D eigenvalue weighted by atomic mass is 10.2. The highest BCUT2D eigenvalue weighted by atomic mass is 32.2. The Morgan fingerprint density at radius 1 is 1.29 bits per heavy atom. The number of thioether (sulfide) groups is 2. The van der Waals surface area contributed by atoms with Crippen LogP contribution in [0.25, 0.3) is 0 Å². The first kappa shape index (κ1) is 21.0. The molecule has 6 nitrogen and oxygen atoms in total. The summed E-state index contributed by atoms with van der Waals surface area (Å²) in [5, 5.41) is 11.4. The fraction of sp³-hybridized carbons (Fsp3) is 0.917. The summed E-state index contributed by atoms with van der Waals surface area (Å²) >= 11 is 3.23. The first-order chi connectivity index (χ1) is 9.96. The minimum atomic E-state index is -3.39. The van der Waals surface area contributed by atoms with Crippen molar-refractivity contribution in [1.82, 2.24) is 10.0 Å². The maximum atomic E-state index is 12.0. The number of nitrogens with one attached hydrogen (secondary N) is 2. The highest BCUT2D eigenvalue weighted by Crippen LogP contribution is 2.04. The van der Waals surface area contributed by atoms with Gasteiger partial charge in [-0.1, -0.05) is 0 Å². The summed E-state index contributed by atoms with van der Waals surface area (Å²) in [5.41, 5.74) is 0. The van der Waals surface area contributed by atoms with E-state index in [1.54, 1.807) is 30.4 Å². The van der Waals surface area contributed by atoms with Gasteiger partial charge >= 0.3 is 0 Å². The number of hydrogen-bond donors (Lipinski definition) is 3. The monoisotopic (exact) mass is 358 g/mol. The van der Waals surface area contributed by atoms with E-state index in [-0.39, 0.29) is 18.3 Å². The van der Waals surface area contributed by atoms with Gasteiger partial charge in [0.25, 0.3) is 0 Å². The minimum absolute atomic E-state index is 0.0347. The topological polar surface area (TPSA) is 95.5 Å². The van der Waals surface area contributed by atoms with Crippen LogP contribution in [-0.2, 0) is 14.8 Å². The SMILES string of the molecule is CCS(=O)(=O)NC(CCSC)C(=O)NCCSCCCO. The maximum absolute atomic E-state index is 12.0. The molecule has 0 saturated carbocycles. The summed E-state index contributed by atoms with van der Waals surface area (Å²) in [6.07, 6.45) is 3.14. The average Bonchev–Trinajstić information content (AvgIpc) is 2.46. The predicted molar refractivity (Wildman–Crippen MR) is 91.4 cm³/mol. The summed E-state index contributed by atoms with van der Waals surface area (Å²) in [6, 6.07) is -0.704. The van der Waals surface area contributed by atoms with Crippen molar-refractivity contribution in [3.05, 3.63) is 0 Å². The summed E-state index contributed by atoms with van der Waals surface area (Å²) in [4.78, 5) is 12.0. The van der Waals surface area contributed by atoms with Crippen LogP contribution in [0.5, 0.6) is 0 Å². The van der Waals surface area contributed by atoms with Crippen LogP contribution in [0.1, 0.15) is 19.8 Å². The molecular formula is C12H26N2O4S3. The Kier molecular flexibility index (Phi) is 12.6. The standard InChI is InChI=1S/C12H26N2O4S3/c1-3-21(17,18)14-11(5-9-19-2)12(16)13-6-10-20-8-4-7-15/h11,14-15H,3-10H2,1-2H3,(H,13,16). The number of aliphatic hydroxyl groups is 1. The van der Waals surface area contributed by atoms with Crippen molar-refractivity contribution >= 4 is 39.5 Å². The quantitative estimate of drug-likeness (QED) is 0.409. The predicted octanol–water partition coefficient (Wildman–Crippen LogP) is 0.279. The molecule has 0 aliphatic rings. The zero-order valence-electron chi connectivity index (χ0n) is 12.6. The van der Waals surface area contributed by atoms with E-state index in [1.807, 2.05) is 6.26 Å². The van der Waals surface area contributed by atoms with Crippen molar-refractivity contribution in [2.45, 2.75) is 25.8 Å². The van der Waals surface area contributed by atoms with Gasteiger partial charge < -0.3 is 10.4 Å². The number of carbonyl (C=O) groups is 1. The van der Waals surface area contributed by atoms with Crippen molar-refractivity contribution in [2.75, 3.05) is 42.4 Å². The van der Waals surface area contributed by atoms with Gasteiger partial charge in [0.1, 0.15) is 6.04 Å². The fourth-order valence-electron chi connectivity index (χ4n) is 1.42. The third kappa shape index (κ3) is 11.3. The number of sulfonamides is 1. The fourth-order valence-corrected chi connectivity index (χ4v) is 3.50. The van der Waals surface area contributed by atoms with Gasteiger partial charge in [-0.2, -0.15) is 23.5 Å². The largest absolute Gasteiger partial charge is 0.396 e. The molecule has 1 atom stereocenters. The van der Waals surface area contributed by atoms with E-state index < -0.39 is 16.1 Å². The Bertz CT molecular complexity index is 377. The molecule has 1 amide bonds. The molecule has 0 aromatic rings. The number of amides is 1. The van der Waals surface area contributed by atoms with E-state index in [4.69, 9.17) is 5.11 Å². The van der Waals surface area contributed by atoms with E-state index in [0.29, 0.717) is 13.0 Å². The number of carbonyl (C=O) groups excluding carboxylic acids is 1. The molecule has 0 radical (unpaired) electrons. The Morgan fingerprint density at radius 3 is 2.57 bits per heavy atom. The second-order valence-corrected chi connectivity index (χ2v) is 8.59. The molecule has 21 heavy (non-hydrogen) atoms. The molecule has 0 spiro atoms. The van der Waals surface area contributed by atoms with E-state index in [0.717, 1.165) is 23.7 Å². The Hall–Kier alpha value is 0.0400. The lowest BCUT2D eigenvalue weighted by Gasteiger charge is -2.17. The van der Waals surface area contributed by atoms with E-state index >= 15 is 0 Å². The molecule has 1 unspecified atom stereocenters. The molecule has 3 N–H and O–H groups in total. The molecule has 0 bridgehead atoms. The Morgan fingerprint density at radius 2 is 2.00 bits per heavy atom. The minimum Gasteiger partial charge on any atom is -0.396 e. The normalized spacial score (nSPS) is 13.1. The van der Waals surface area contributed by atoms with Crippen LogP contribution in [0.3, 0.4) is 0 Å². The van der Waals surface area contributed by atoms with Crippen LogP contribution in [-0.4, -0.2) is 67.9 Å². The summed E-state index contributed by atoms with van der Waals surface area (Å²) in [5.74, 6) is 2.01. The van der Waals surface area contributed by atoms with Gasteiger partial charge in [0.05, 0.1) is 5.75 Å². The lowest BCUT2D eigenvalue weighted by Crippen LogP contribution is -2.47. The molecule has 0 aromatic heterocycles. The van der Waals surface area contributed by atoms with Crippen molar-refractivity contribution in [3.8, 4) is 0 Å². The lowest BCUT2D eigenvalue weighted by molar-refractivity contribution is -0.122. The highest BCUT2D eigenvalue weighted by Gasteiger charge is 2.22. The Balaban J connectivity index is 4.19. The second kappa shape index (κ2) is 12.6. The van der Waals surface area contributed by atoms with Gasteiger partial charge in [0.15, 0.2) is 0 Å². The molecule has 0 rings (SSSR count). The van der Waals surface area contributed by atoms with Crippen LogP contribution >= 0.6 is 23.5 Å². The third-order valence-electron chi connectivity index (χ3n) is 2.62. The van der Waals surface area contributed by atoms with Gasteiger partial charge in [0, 0.05) is 18.9 Å². The molecule has 0 heterocycles. The molecule has 0 fully saturated rings. The summed E-state index contributed by atoms with van der Waals surface area (Å²) in [7, 11) is -3.39. The van der Waals surface area contributed by atoms with Crippen molar-refractivity contribution in [1.29, 1.82) is 0 Å². The van der Waals surface area contributed by atoms with Crippen LogP contribution < -0.4 is 10.0 Å². The molecule has 0 aliphatic carbocycles. The summed E-state index contributed by atoms with van der Waals surface area (Å²) < 4.78 is 25.6. The van der Waals surface area contributed by atoms with Crippen LogP contribution in [0.15, 0.2) is 0 Å². The highest BCUT2D eigenvalue weighted by molar-refractivity contribution is 7.99. The van der Waals surface area contributed by atoms with Gasteiger partial charge in [0.2, 0.25) is 15.9 Å². The van der Waals surface area contributed by atoms with Crippen molar-refractivity contribution < 1.29 is 18.3 Å². The zero-order chi connectivity index (χ0) is 16.1. The first-order valence-corrected chi connectivity index (χ1v) is 11.1. The van der Waals surface area contributed by atoms with E-state index in [2.05, 4.69) is 10.0 Å². The van der Waals surface area contributed by atoms with E-state index in [9.17, 15) is 13.2 Å². The van der Waals surface area contributed by atoms with Crippen molar-refractivity contribution in [2.24, 2.45) is 0 Å². The molecule has 0 aromatic carbocycles. The van der Waals surface area contributed by atoms with Crippen LogP contribution in [0, 0.1) is 0 Å². The van der Waals surface area contributed by atoms with Gasteiger partial charge in [-0.3, -0.25) is 4.79 Å². The molecular weight excluding hydrogens is 332 g/mol. The summed E-state index contributed by atoms with van der Waals surface area (Å²) in [6.45, 7) is 2.22. The van der Waals surface area contributed by atoms with Gasteiger partial charge in [-0.05, 0) is 37.5 Å². The number of rotatable bonds is 13. The second-order valence-electron chi connectivity index (χ2n) is 4.34. The smallest absolute Gasteiger partial charge is 0.238 e. The number of aliphatic hydroxyl groups excluding tert-OH is 1. The maximum Gasteiger partial charge on any atom is 0.238 e. The molecule has 9 heteroatoms. The Labute approximate surface area is 136 Å². The van der Waals surface area contributed by atoms with E-state index in [1.165, 1.54) is 0 Å². The van der Waals surface area contributed by atoms with Crippen LogP contribution in [0.2, 0.25) is 0 Å². The first-order valence-electron chi connectivity index (χ1n) is 6.92. The number of hydrogen-bond acceptors (Lipinski definition) is 6. The van der Waals surface area contributed by atoms with Crippen molar-refractivity contribution in [3.63, 3.8) is 0 Å². The molecule has 0 aliphatic heterocycles. The van der Waals surface area contributed by atoms with Gasteiger partial charge in [-0.15, -0.1) is 0 Å².